The van der Waals surface area contributed by atoms with Crippen LogP contribution in [0, 0.1) is 5.92 Å². The van der Waals surface area contributed by atoms with Crippen LogP contribution in [0.4, 0.5) is 0 Å². The molecule has 2 aromatic carbocycles. The summed E-state index contributed by atoms with van der Waals surface area (Å²) in [5.41, 5.74) is 5.80. The second-order valence-electron chi connectivity index (χ2n) is 9.68. The lowest BCUT2D eigenvalue weighted by Crippen LogP contribution is -2.13. The SMILES string of the molecule is C/C=C/CCC1CCC(c2ccc(CCCCc3ccc(COCCC)cc3)cc2)CC1. The zero-order chi connectivity index (χ0) is 22.4. The van der Waals surface area contributed by atoms with Crippen LogP contribution in [-0.4, -0.2) is 6.61 Å². The Labute approximate surface area is 197 Å². The molecule has 0 heterocycles. The van der Waals surface area contributed by atoms with Gasteiger partial charge in [-0.2, -0.15) is 0 Å². The maximum atomic E-state index is 5.62. The van der Waals surface area contributed by atoms with Crippen molar-refractivity contribution in [3.05, 3.63) is 82.9 Å². The topological polar surface area (TPSA) is 9.23 Å². The first-order chi connectivity index (χ1) is 15.8. The van der Waals surface area contributed by atoms with Crippen LogP contribution in [0.3, 0.4) is 0 Å². The Morgan fingerprint density at radius 2 is 1.41 bits per heavy atom. The maximum absolute atomic E-state index is 5.62. The quantitative estimate of drug-likeness (QED) is 0.227. The molecule has 1 saturated carbocycles. The minimum absolute atomic E-state index is 0.738. The van der Waals surface area contributed by atoms with Crippen molar-refractivity contribution in [2.45, 2.75) is 97.0 Å². The third-order valence-corrected chi connectivity index (χ3v) is 7.10. The van der Waals surface area contributed by atoms with Gasteiger partial charge in [-0.25, -0.2) is 0 Å². The van der Waals surface area contributed by atoms with Crippen molar-refractivity contribution in [1.82, 2.24) is 0 Å². The highest BCUT2D eigenvalue weighted by Crippen LogP contribution is 2.37. The summed E-state index contributed by atoms with van der Waals surface area (Å²) >= 11 is 0. The first-order valence-corrected chi connectivity index (χ1v) is 13.1. The number of hydrogen-bond donors (Lipinski definition) is 0. The van der Waals surface area contributed by atoms with Gasteiger partial charge in [0.25, 0.3) is 0 Å². The zero-order valence-electron chi connectivity index (χ0n) is 20.5. The van der Waals surface area contributed by atoms with E-state index >= 15 is 0 Å². The van der Waals surface area contributed by atoms with E-state index in [2.05, 4.69) is 74.5 Å². The highest BCUT2D eigenvalue weighted by Gasteiger charge is 2.21. The number of ether oxygens (including phenoxy) is 1. The Kier molecular flexibility index (Phi) is 11.1. The van der Waals surface area contributed by atoms with Crippen LogP contribution in [0.5, 0.6) is 0 Å². The van der Waals surface area contributed by atoms with Crippen LogP contribution in [-0.2, 0) is 24.2 Å². The van der Waals surface area contributed by atoms with Gasteiger partial charge >= 0.3 is 0 Å². The largest absolute Gasteiger partial charge is 0.377 e. The summed E-state index contributed by atoms with van der Waals surface area (Å²) in [5.74, 6) is 1.74. The second kappa shape index (κ2) is 14.3. The molecule has 1 heteroatoms. The summed E-state index contributed by atoms with van der Waals surface area (Å²) in [4.78, 5) is 0. The summed E-state index contributed by atoms with van der Waals surface area (Å²) in [6, 6.07) is 18.6. The van der Waals surface area contributed by atoms with Crippen LogP contribution < -0.4 is 0 Å². The molecule has 0 aliphatic heterocycles. The molecular weight excluding hydrogens is 388 g/mol. The molecule has 32 heavy (non-hydrogen) atoms. The van der Waals surface area contributed by atoms with Crippen molar-refractivity contribution in [3.63, 3.8) is 0 Å². The molecule has 1 nitrogen and oxygen atoms in total. The smallest absolute Gasteiger partial charge is 0.0716 e. The molecule has 0 aromatic heterocycles. The van der Waals surface area contributed by atoms with E-state index < -0.39 is 0 Å². The number of aryl methyl sites for hydroxylation is 2. The van der Waals surface area contributed by atoms with E-state index in [0.717, 1.165) is 31.5 Å². The van der Waals surface area contributed by atoms with E-state index in [1.807, 2.05) is 0 Å². The Balaban J connectivity index is 1.33. The van der Waals surface area contributed by atoms with E-state index in [9.17, 15) is 0 Å². The summed E-state index contributed by atoms with van der Waals surface area (Å²) in [6.07, 6.45) is 18.7. The minimum atomic E-state index is 0.738. The lowest BCUT2D eigenvalue weighted by Gasteiger charge is -2.28. The van der Waals surface area contributed by atoms with Gasteiger partial charge in [0, 0.05) is 6.61 Å². The van der Waals surface area contributed by atoms with Crippen LogP contribution in [0.2, 0.25) is 0 Å². The fourth-order valence-corrected chi connectivity index (χ4v) is 5.03. The molecule has 0 bridgehead atoms. The fourth-order valence-electron chi connectivity index (χ4n) is 5.03. The molecule has 1 aliphatic carbocycles. The van der Waals surface area contributed by atoms with Crippen molar-refractivity contribution in [2.24, 2.45) is 5.92 Å². The third kappa shape index (κ3) is 8.58. The number of benzene rings is 2. The Morgan fingerprint density at radius 1 is 0.812 bits per heavy atom. The first kappa shape index (κ1) is 24.8. The molecule has 0 spiro atoms. The van der Waals surface area contributed by atoms with Gasteiger partial charge in [-0.3, -0.25) is 0 Å². The van der Waals surface area contributed by atoms with Gasteiger partial charge in [-0.05, 0) is 112 Å². The van der Waals surface area contributed by atoms with Crippen molar-refractivity contribution in [3.8, 4) is 0 Å². The first-order valence-electron chi connectivity index (χ1n) is 13.1. The fraction of sp³-hybridized carbons (Fsp3) is 0.548. The molecule has 0 N–H and O–H groups in total. The molecule has 0 amide bonds. The van der Waals surface area contributed by atoms with Crippen molar-refractivity contribution < 1.29 is 4.74 Å². The van der Waals surface area contributed by atoms with E-state index in [1.165, 1.54) is 80.9 Å². The monoisotopic (exact) mass is 432 g/mol. The van der Waals surface area contributed by atoms with E-state index in [0.29, 0.717) is 0 Å². The van der Waals surface area contributed by atoms with Gasteiger partial charge in [0.15, 0.2) is 0 Å². The molecule has 0 radical (unpaired) electrons. The molecular formula is C31H44O. The number of unbranched alkanes of at least 4 members (excludes halogenated alkanes) is 1. The van der Waals surface area contributed by atoms with E-state index in [1.54, 1.807) is 5.56 Å². The van der Waals surface area contributed by atoms with E-state index in [4.69, 9.17) is 4.74 Å². The van der Waals surface area contributed by atoms with Crippen molar-refractivity contribution in [2.75, 3.05) is 6.61 Å². The Bertz CT molecular complexity index is 763. The summed E-state index contributed by atoms with van der Waals surface area (Å²) in [5, 5.41) is 0. The third-order valence-electron chi connectivity index (χ3n) is 7.10. The molecule has 1 fully saturated rings. The zero-order valence-corrected chi connectivity index (χ0v) is 20.5. The molecule has 3 rings (SSSR count). The molecule has 2 aromatic rings. The summed E-state index contributed by atoms with van der Waals surface area (Å²) in [6.45, 7) is 5.87. The van der Waals surface area contributed by atoms with Crippen molar-refractivity contribution >= 4 is 0 Å². The highest BCUT2D eigenvalue weighted by atomic mass is 16.5. The average Bonchev–Trinajstić information content (AvgIpc) is 2.84. The van der Waals surface area contributed by atoms with Crippen LogP contribution in [0.1, 0.15) is 99.8 Å². The second-order valence-corrected chi connectivity index (χ2v) is 9.68. The number of hydrogen-bond acceptors (Lipinski definition) is 1. The molecule has 0 atom stereocenters. The summed E-state index contributed by atoms with van der Waals surface area (Å²) in [7, 11) is 0. The molecule has 1 aliphatic rings. The van der Waals surface area contributed by atoms with Gasteiger partial charge in [0.05, 0.1) is 6.61 Å². The van der Waals surface area contributed by atoms with Gasteiger partial charge in [0.1, 0.15) is 0 Å². The van der Waals surface area contributed by atoms with Crippen LogP contribution in [0.15, 0.2) is 60.7 Å². The number of allylic oxidation sites excluding steroid dienone is 2. The maximum Gasteiger partial charge on any atom is 0.0716 e. The van der Waals surface area contributed by atoms with Crippen molar-refractivity contribution in [1.29, 1.82) is 0 Å². The predicted octanol–water partition coefficient (Wildman–Crippen LogP) is 8.81. The lowest BCUT2D eigenvalue weighted by atomic mass is 9.77. The predicted molar refractivity (Wildman–Crippen MR) is 138 cm³/mol. The van der Waals surface area contributed by atoms with E-state index in [-0.39, 0.29) is 0 Å². The van der Waals surface area contributed by atoms with Gasteiger partial charge in [0.2, 0.25) is 0 Å². The van der Waals surface area contributed by atoms with Crippen LogP contribution >= 0.6 is 0 Å². The average molecular weight is 433 g/mol. The normalized spacial score (nSPS) is 18.9. The molecule has 174 valence electrons. The molecule has 0 saturated heterocycles. The minimum Gasteiger partial charge on any atom is -0.377 e. The standard InChI is InChI=1S/C31H44O/c1-3-5-6-9-27-16-20-30(21-17-27)31-22-18-28(19-23-31)11-8-7-10-26-12-14-29(15-13-26)25-32-24-4-2/h3,5,12-15,18-19,22-23,27,30H,4,6-11,16-17,20-21,24-25H2,1-2H3/b5-3+. The number of rotatable bonds is 13. The lowest BCUT2D eigenvalue weighted by molar-refractivity contribution is 0.121. The Morgan fingerprint density at radius 3 is 2.00 bits per heavy atom. The Hall–Kier alpha value is -1.86. The van der Waals surface area contributed by atoms with Gasteiger partial charge in [-0.15, -0.1) is 0 Å². The van der Waals surface area contributed by atoms with Gasteiger partial charge in [-0.1, -0.05) is 67.6 Å². The van der Waals surface area contributed by atoms with Crippen LogP contribution in [0.25, 0.3) is 0 Å². The summed E-state index contributed by atoms with van der Waals surface area (Å²) < 4.78 is 5.62. The van der Waals surface area contributed by atoms with Gasteiger partial charge < -0.3 is 4.74 Å². The highest BCUT2D eigenvalue weighted by molar-refractivity contribution is 5.26. The molecule has 0 unspecified atom stereocenters.